The number of H-pyrrole nitrogens is 1. The van der Waals surface area contributed by atoms with Crippen molar-refractivity contribution in [1.82, 2.24) is 19.7 Å². The fourth-order valence-electron chi connectivity index (χ4n) is 3.09. The summed E-state index contributed by atoms with van der Waals surface area (Å²) in [4.78, 5) is 7.60. The average Bonchev–Trinajstić information content (AvgIpc) is 3.15. The molecule has 0 atom stereocenters. The van der Waals surface area contributed by atoms with Crippen molar-refractivity contribution >= 4 is 31.6 Å². The summed E-state index contributed by atoms with van der Waals surface area (Å²) in [7, 11) is -3.34. The second-order valence-corrected chi connectivity index (χ2v) is 7.95. The number of hydrogen-bond acceptors (Lipinski definition) is 4. The number of nitrogens with zero attached hydrogens (tertiary/aromatic N) is 3. The standard InChI is InChI=1S/C17H16N4O2S/c1-11-7-16(24(2,22)23)14(13-4-6-19-17(11)13)10-21-9-12-3-5-18-8-15(12)20-21/h3-9,19H,10H2,1-2H3. The first-order valence-corrected chi connectivity index (χ1v) is 9.39. The number of aromatic nitrogens is 4. The second-order valence-electron chi connectivity index (χ2n) is 5.97. The van der Waals surface area contributed by atoms with E-state index in [0.717, 1.165) is 32.9 Å². The van der Waals surface area contributed by atoms with Gasteiger partial charge in [-0.25, -0.2) is 8.42 Å². The molecule has 0 aliphatic carbocycles. The van der Waals surface area contributed by atoms with Gasteiger partial charge in [0.1, 0.15) is 5.52 Å². The molecule has 122 valence electrons. The predicted octanol–water partition coefficient (Wildman–Crippen LogP) is 2.67. The third kappa shape index (κ3) is 2.37. The van der Waals surface area contributed by atoms with Crippen LogP contribution in [-0.4, -0.2) is 34.4 Å². The summed E-state index contributed by atoms with van der Waals surface area (Å²) >= 11 is 0. The Labute approximate surface area is 139 Å². The Morgan fingerprint density at radius 2 is 2.12 bits per heavy atom. The summed E-state index contributed by atoms with van der Waals surface area (Å²) in [6.45, 7) is 2.29. The van der Waals surface area contributed by atoms with E-state index in [1.54, 1.807) is 23.1 Å². The molecule has 0 spiro atoms. The van der Waals surface area contributed by atoms with Crippen LogP contribution < -0.4 is 0 Å². The zero-order chi connectivity index (χ0) is 16.9. The summed E-state index contributed by atoms with van der Waals surface area (Å²) in [5, 5.41) is 6.38. The van der Waals surface area contributed by atoms with Crippen LogP contribution in [0.4, 0.5) is 0 Å². The lowest BCUT2D eigenvalue weighted by Gasteiger charge is -2.12. The molecule has 0 unspecified atom stereocenters. The molecule has 24 heavy (non-hydrogen) atoms. The van der Waals surface area contributed by atoms with Crippen LogP contribution in [0.15, 0.2) is 47.9 Å². The number of fused-ring (bicyclic) bond motifs is 2. The number of nitrogens with one attached hydrogen (secondary N) is 1. The third-order valence-corrected chi connectivity index (χ3v) is 5.35. The lowest BCUT2D eigenvalue weighted by Crippen LogP contribution is -2.08. The minimum absolute atomic E-state index is 0.352. The fraction of sp³-hybridized carbons (Fsp3) is 0.176. The van der Waals surface area contributed by atoms with Crippen molar-refractivity contribution in [3.63, 3.8) is 0 Å². The lowest BCUT2D eigenvalue weighted by atomic mass is 10.1. The summed E-state index contributed by atoms with van der Waals surface area (Å²) in [5.74, 6) is 0. The number of aryl methyl sites for hydroxylation is 1. The van der Waals surface area contributed by atoms with Crippen molar-refractivity contribution in [3.8, 4) is 0 Å². The highest BCUT2D eigenvalue weighted by atomic mass is 32.2. The van der Waals surface area contributed by atoms with Crippen LogP contribution in [0, 0.1) is 6.92 Å². The average molecular weight is 340 g/mol. The Morgan fingerprint density at radius 3 is 2.88 bits per heavy atom. The van der Waals surface area contributed by atoms with Crippen LogP contribution in [0.2, 0.25) is 0 Å². The highest BCUT2D eigenvalue weighted by molar-refractivity contribution is 7.90. The molecular formula is C17H16N4O2S. The van der Waals surface area contributed by atoms with Gasteiger partial charge in [-0.3, -0.25) is 9.67 Å². The minimum atomic E-state index is -3.34. The van der Waals surface area contributed by atoms with E-state index < -0.39 is 9.84 Å². The normalized spacial score (nSPS) is 12.2. The number of rotatable bonds is 3. The molecule has 0 bridgehead atoms. The number of pyridine rings is 1. The number of sulfone groups is 1. The van der Waals surface area contributed by atoms with E-state index in [9.17, 15) is 8.42 Å². The van der Waals surface area contributed by atoms with Crippen LogP contribution >= 0.6 is 0 Å². The third-order valence-electron chi connectivity index (χ3n) is 4.19. The first kappa shape index (κ1) is 14.9. The Balaban J connectivity index is 1.94. The second kappa shape index (κ2) is 5.17. The van der Waals surface area contributed by atoms with Crippen molar-refractivity contribution in [3.05, 3.63) is 54.1 Å². The molecule has 4 aromatic rings. The lowest BCUT2D eigenvalue weighted by molar-refractivity contribution is 0.599. The fourth-order valence-corrected chi connectivity index (χ4v) is 4.10. The van der Waals surface area contributed by atoms with Gasteiger partial charge in [-0.15, -0.1) is 0 Å². The van der Waals surface area contributed by atoms with Gasteiger partial charge in [0.2, 0.25) is 0 Å². The molecule has 3 aromatic heterocycles. The Hall–Kier alpha value is -2.67. The molecule has 3 heterocycles. The summed E-state index contributed by atoms with van der Waals surface area (Å²) in [6, 6.07) is 5.53. The van der Waals surface area contributed by atoms with Gasteiger partial charge in [0.05, 0.1) is 17.6 Å². The smallest absolute Gasteiger partial charge is 0.175 e. The zero-order valence-electron chi connectivity index (χ0n) is 13.3. The largest absolute Gasteiger partial charge is 0.361 e. The van der Waals surface area contributed by atoms with E-state index in [1.807, 2.05) is 31.5 Å². The molecule has 1 aromatic carbocycles. The molecule has 0 aliphatic rings. The van der Waals surface area contributed by atoms with Gasteiger partial charge < -0.3 is 4.98 Å². The summed E-state index contributed by atoms with van der Waals surface area (Å²) < 4.78 is 26.3. The first-order chi connectivity index (χ1) is 11.4. The molecule has 0 amide bonds. The summed E-state index contributed by atoms with van der Waals surface area (Å²) in [6.07, 6.45) is 8.39. The molecule has 0 saturated heterocycles. The van der Waals surface area contributed by atoms with Crippen LogP contribution in [0.1, 0.15) is 11.1 Å². The van der Waals surface area contributed by atoms with Gasteiger partial charge in [0.25, 0.3) is 0 Å². The molecule has 6 nitrogen and oxygen atoms in total. The number of hydrogen-bond donors (Lipinski definition) is 1. The molecule has 4 rings (SSSR count). The van der Waals surface area contributed by atoms with E-state index in [-0.39, 0.29) is 0 Å². The molecule has 0 radical (unpaired) electrons. The van der Waals surface area contributed by atoms with Crippen LogP contribution in [0.3, 0.4) is 0 Å². The van der Waals surface area contributed by atoms with Gasteiger partial charge in [-0.05, 0) is 30.7 Å². The molecule has 1 N–H and O–H groups in total. The minimum Gasteiger partial charge on any atom is -0.361 e. The van der Waals surface area contributed by atoms with Gasteiger partial charge in [0.15, 0.2) is 9.84 Å². The van der Waals surface area contributed by atoms with Crippen LogP contribution in [0.25, 0.3) is 21.8 Å². The monoisotopic (exact) mass is 340 g/mol. The van der Waals surface area contributed by atoms with E-state index in [2.05, 4.69) is 15.1 Å². The molecule has 0 fully saturated rings. The van der Waals surface area contributed by atoms with Crippen molar-refractivity contribution in [1.29, 1.82) is 0 Å². The van der Waals surface area contributed by atoms with E-state index >= 15 is 0 Å². The first-order valence-electron chi connectivity index (χ1n) is 7.50. The van der Waals surface area contributed by atoms with E-state index in [1.165, 1.54) is 6.26 Å². The van der Waals surface area contributed by atoms with Crippen LogP contribution in [-0.2, 0) is 16.4 Å². The van der Waals surface area contributed by atoms with Gasteiger partial charge in [-0.1, -0.05) is 0 Å². The van der Waals surface area contributed by atoms with Gasteiger partial charge >= 0.3 is 0 Å². The summed E-state index contributed by atoms with van der Waals surface area (Å²) in [5.41, 5.74) is 3.40. The topological polar surface area (TPSA) is 80.6 Å². The highest BCUT2D eigenvalue weighted by Gasteiger charge is 2.19. The SMILES string of the molecule is Cc1cc(S(C)(=O)=O)c(Cn2cc3ccncc3n2)c2cc[nH]c12. The zero-order valence-corrected chi connectivity index (χ0v) is 14.1. The quantitative estimate of drug-likeness (QED) is 0.622. The van der Waals surface area contributed by atoms with E-state index in [4.69, 9.17) is 0 Å². The van der Waals surface area contributed by atoms with Crippen molar-refractivity contribution < 1.29 is 8.42 Å². The van der Waals surface area contributed by atoms with Gasteiger partial charge in [-0.2, -0.15) is 5.10 Å². The van der Waals surface area contributed by atoms with Crippen LogP contribution in [0.5, 0.6) is 0 Å². The van der Waals surface area contributed by atoms with Crippen molar-refractivity contribution in [2.24, 2.45) is 0 Å². The number of benzene rings is 1. The number of aromatic amines is 1. The Morgan fingerprint density at radius 1 is 1.29 bits per heavy atom. The Kier molecular flexibility index (Phi) is 3.21. The van der Waals surface area contributed by atoms with Crippen molar-refractivity contribution in [2.75, 3.05) is 6.26 Å². The molecule has 7 heteroatoms. The molecular weight excluding hydrogens is 324 g/mol. The predicted molar refractivity (Wildman–Crippen MR) is 92.8 cm³/mol. The highest BCUT2D eigenvalue weighted by Crippen LogP contribution is 2.29. The van der Waals surface area contributed by atoms with Gasteiger partial charge in [0, 0.05) is 46.7 Å². The maximum atomic E-state index is 12.3. The van der Waals surface area contributed by atoms with Crippen molar-refractivity contribution in [2.45, 2.75) is 18.4 Å². The Bertz CT molecular complexity index is 1140. The van der Waals surface area contributed by atoms with E-state index in [0.29, 0.717) is 11.4 Å². The molecule has 0 saturated carbocycles. The molecule has 0 aliphatic heterocycles. The maximum Gasteiger partial charge on any atom is 0.175 e. The maximum absolute atomic E-state index is 12.3.